The van der Waals surface area contributed by atoms with E-state index in [2.05, 4.69) is 25.9 Å². The van der Waals surface area contributed by atoms with Crippen molar-refractivity contribution in [1.82, 2.24) is 25.9 Å². The quantitative estimate of drug-likeness (QED) is 0.121. The summed E-state index contributed by atoms with van der Waals surface area (Å²) < 4.78 is 0. The highest BCUT2D eigenvalue weighted by Gasteiger charge is 2.32. The van der Waals surface area contributed by atoms with Gasteiger partial charge in [-0.25, -0.2) is 9.78 Å². The average Bonchev–Trinajstić information content (AvgIpc) is 3.44. The Bertz CT molecular complexity index is 1090. The zero-order valence-corrected chi connectivity index (χ0v) is 22.9. The molecule has 0 fully saturated rings. The van der Waals surface area contributed by atoms with Crippen LogP contribution in [-0.4, -0.2) is 74.6 Å². The molecule has 1 heterocycles. The lowest BCUT2D eigenvalue weighted by Crippen LogP contribution is -2.59. The molecule has 13 nitrogen and oxygen atoms in total. The van der Waals surface area contributed by atoms with Gasteiger partial charge in [0.25, 0.3) is 0 Å². The number of carboxylic acids is 1. The predicted molar refractivity (Wildman–Crippen MR) is 148 cm³/mol. The van der Waals surface area contributed by atoms with E-state index in [0.717, 1.165) is 0 Å². The lowest BCUT2D eigenvalue weighted by molar-refractivity contribution is -0.142. The van der Waals surface area contributed by atoms with E-state index in [1.54, 1.807) is 25.3 Å². The minimum absolute atomic E-state index is 0.0193. The summed E-state index contributed by atoms with van der Waals surface area (Å²) in [6, 6.07) is 1.77. The van der Waals surface area contributed by atoms with Crippen LogP contribution in [0, 0.1) is 5.92 Å². The summed E-state index contributed by atoms with van der Waals surface area (Å²) in [6.07, 6.45) is 5.19. The van der Waals surface area contributed by atoms with Crippen molar-refractivity contribution in [2.24, 2.45) is 17.4 Å². The summed E-state index contributed by atoms with van der Waals surface area (Å²) >= 11 is 0. The second-order valence-corrected chi connectivity index (χ2v) is 9.87. The van der Waals surface area contributed by atoms with Crippen LogP contribution >= 0.6 is 0 Å². The van der Waals surface area contributed by atoms with Crippen molar-refractivity contribution >= 4 is 23.7 Å². The number of rotatable bonds is 17. The van der Waals surface area contributed by atoms with Gasteiger partial charge in [0, 0.05) is 24.7 Å². The molecule has 0 radical (unpaired) electrons. The van der Waals surface area contributed by atoms with Gasteiger partial charge in [0.05, 0.1) is 12.4 Å². The van der Waals surface area contributed by atoms with Crippen molar-refractivity contribution in [3.05, 3.63) is 48.0 Å². The highest BCUT2D eigenvalue weighted by atomic mass is 16.4. The highest BCUT2D eigenvalue weighted by molar-refractivity contribution is 5.94. The molecule has 220 valence electrons. The summed E-state index contributed by atoms with van der Waals surface area (Å²) in [7, 11) is 0. The fourth-order valence-electron chi connectivity index (χ4n) is 4.05. The summed E-state index contributed by atoms with van der Waals surface area (Å²) in [6.45, 7) is 4.02. The van der Waals surface area contributed by atoms with Gasteiger partial charge in [-0.15, -0.1) is 0 Å². The number of carbonyl (C=O) groups is 4. The smallest absolute Gasteiger partial charge is 0.326 e. The van der Waals surface area contributed by atoms with E-state index in [9.17, 15) is 29.4 Å². The Hall–Kier alpha value is -3.97. The molecule has 1 aromatic carbocycles. The van der Waals surface area contributed by atoms with Crippen LogP contribution in [-0.2, 0) is 32.0 Å². The van der Waals surface area contributed by atoms with Crippen molar-refractivity contribution in [3.63, 3.8) is 0 Å². The minimum Gasteiger partial charge on any atom is -0.508 e. The number of carboxylic acid groups (broad SMARTS) is 1. The lowest BCUT2D eigenvalue weighted by atomic mass is 9.96. The number of aromatic nitrogens is 2. The number of nitrogens with zero attached hydrogens (tertiary/aromatic N) is 1. The number of amides is 3. The molecule has 1 aromatic heterocycles. The third-order valence-electron chi connectivity index (χ3n) is 6.70. The average molecular weight is 560 g/mol. The van der Waals surface area contributed by atoms with Gasteiger partial charge in [0.15, 0.2) is 0 Å². The number of nitrogens with one attached hydrogen (secondary N) is 4. The van der Waals surface area contributed by atoms with Crippen LogP contribution in [0.15, 0.2) is 36.8 Å². The maximum Gasteiger partial charge on any atom is 0.326 e. The van der Waals surface area contributed by atoms with E-state index < -0.39 is 47.9 Å². The molecule has 0 saturated carbocycles. The van der Waals surface area contributed by atoms with E-state index in [1.807, 2.05) is 6.92 Å². The first-order valence-electron chi connectivity index (χ1n) is 13.4. The van der Waals surface area contributed by atoms with Crippen molar-refractivity contribution in [2.75, 3.05) is 6.54 Å². The topological polar surface area (TPSA) is 226 Å². The molecule has 0 aliphatic rings. The number of carbonyl (C=O) groups excluding carboxylic acids is 3. The van der Waals surface area contributed by atoms with Gasteiger partial charge in [0.1, 0.15) is 23.9 Å². The number of hydrogen-bond donors (Lipinski definition) is 8. The minimum atomic E-state index is -1.26. The number of imidazole rings is 1. The van der Waals surface area contributed by atoms with Crippen LogP contribution in [0.4, 0.5) is 0 Å². The monoisotopic (exact) mass is 559 g/mol. The number of benzene rings is 1. The Balaban J connectivity index is 2.14. The van der Waals surface area contributed by atoms with Gasteiger partial charge >= 0.3 is 5.97 Å². The first-order valence-corrected chi connectivity index (χ1v) is 13.4. The van der Waals surface area contributed by atoms with Crippen molar-refractivity contribution in [1.29, 1.82) is 0 Å². The number of phenolic OH excluding ortho intramolecular Hbond substituents is 1. The molecular weight excluding hydrogens is 518 g/mol. The zero-order chi connectivity index (χ0) is 29.7. The van der Waals surface area contributed by atoms with Gasteiger partial charge < -0.3 is 42.6 Å². The largest absolute Gasteiger partial charge is 0.508 e. The van der Waals surface area contributed by atoms with E-state index in [4.69, 9.17) is 11.5 Å². The fourth-order valence-corrected chi connectivity index (χ4v) is 4.05. The van der Waals surface area contributed by atoms with Gasteiger partial charge in [-0.05, 0) is 49.4 Å². The molecule has 40 heavy (non-hydrogen) atoms. The first kappa shape index (κ1) is 32.2. The molecule has 0 spiro atoms. The van der Waals surface area contributed by atoms with Crippen LogP contribution in [0.5, 0.6) is 5.75 Å². The summed E-state index contributed by atoms with van der Waals surface area (Å²) in [5.74, 6) is -3.31. The molecule has 0 saturated heterocycles. The van der Waals surface area contributed by atoms with E-state index in [0.29, 0.717) is 37.1 Å². The maximum atomic E-state index is 13.4. The van der Waals surface area contributed by atoms with E-state index in [-0.39, 0.29) is 30.9 Å². The number of aromatic amines is 1. The molecule has 0 aliphatic carbocycles. The SMILES string of the molecule is CCC(C)C(NC(=O)C(CCCCN)NC(=O)C(N)Cc1cnc[nH]1)C(=O)NC(Cc1ccc(O)cc1)C(=O)O. The van der Waals surface area contributed by atoms with E-state index in [1.165, 1.54) is 18.5 Å². The molecule has 0 bridgehead atoms. The Kier molecular flexibility index (Phi) is 13.1. The predicted octanol–water partition coefficient (Wildman–Crippen LogP) is -0.0581. The Morgan fingerprint density at radius 3 is 2.23 bits per heavy atom. The summed E-state index contributed by atoms with van der Waals surface area (Å²) in [5, 5.41) is 27.1. The number of nitrogens with two attached hydrogens (primary N) is 2. The van der Waals surface area contributed by atoms with Gasteiger partial charge in [-0.2, -0.15) is 0 Å². The number of hydrogen-bond acceptors (Lipinski definition) is 8. The maximum absolute atomic E-state index is 13.4. The number of phenols is 1. The summed E-state index contributed by atoms with van der Waals surface area (Å²) in [5.41, 5.74) is 12.9. The Morgan fingerprint density at radius 2 is 1.65 bits per heavy atom. The normalized spacial score (nSPS) is 14.8. The first-order chi connectivity index (χ1) is 19.0. The molecule has 5 atom stereocenters. The fraction of sp³-hybridized carbons (Fsp3) is 0.519. The molecular formula is C27H41N7O6. The van der Waals surface area contributed by atoms with Crippen molar-refractivity contribution in [2.45, 2.75) is 76.5 Å². The Morgan fingerprint density at radius 1 is 0.975 bits per heavy atom. The molecule has 0 aliphatic heterocycles. The van der Waals surface area contributed by atoms with Crippen LogP contribution in [0.2, 0.25) is 0 Å². The summed E-state index contributed by atoms with van der Waals surface area (Å²) in [4.78, 5) is 58.1. The molecule has 10 N–H and O–H groups in total. The number of aliphatic carboxylic acids is 1. The third-order valence-corrected chi connectivity index (χ3v) is 6.70. The standard InChI is InChI=1S/C27H41N7O6/c1-3-16(2)23(26(38)33-22(27(39)40)12-17-7-9-19(35)10-8-17)34-25(37)21(6-4-5-11-28)32-24(36)20(29)13-18-14-30-15-31-18/h7-10,14-16,20-23,35H,3-6,11-13,28-29H2,1-2H3,(H,30,31)(H,32,36)(H,33,38)(H,34,37)(H,39,40). The second-order valence-electron chi connectivity index (χ2n) is 9.87. The number of unbranched alkanes of at least 4 members (excludes halogenated alkanes) is 1. The molecule has 3 amide bonds. The third kappa shape index (κ3) is 10.3. The van der Waals surface area contributed by atoms with Crippen molar-refractivity contribution < 1.29 is 29.4 Å². The van der Waals surface area contributed by atoms with Crippen molar-refractivity contribution in [3.8, 4) is 5.75 Å². The van der Waals surface area contributed by atoms with Crippen LogP contribution < -0.4 is 27.4 Å². The van der Waals surface area contributed by atoms with Gasteiger partial charge in [-0.3, -0.25) is 14.4 Å². The van der Waals surface area contributed by atoms with E-state index >= 15 is 0 Å². The Labute approximate surface area is 233 Å². The van der Waals surface area contributed by atoms with Crippen LogP contribution in [0.25, 0.3) is 0 Å². The van der Waals surface area contributed by atoms with Gasteiger partial charge in [-0.1, -0.05) is 32.4 Å². The lowest BCUT2D eigenvalue weighted by Gasteiger charge is -2.28. The second kappa shape index (κ2) is 16.2. The molecule has 2 rings (SSSR count). The van der Waals surface area contributed by atoms with Crippen LogP contribution in [0.1, 0.15) is 50.8 Å². The molecule has 5 unspecified atom stereocenters. The zero-order valence-electron chi connectivity index (χ0n) is 22.9. The number of H-pyrrole nitrogens is 1. The van der Waals surface area contributed by atoms with Gasteiger partial charge in [0.2, 0.25) is 17.7 Å². The molecule has 2 aromatic rings. The highest BCUT2D eigenvalue weighted by Crippen LogP contribution is 2.14. The molecule has 13 heteroatoms. The van der Waals surface area contributed by atoms with Crippen LogP contribution in [0.3, 0.4) is 0 Å². The number of aromatic hydroxyl groups is 1.